The van der Waals surface area contributed by atoms with Gasteiger partial charge in [0.15, 0.2) is 12.3 Å². The summed E-state index contributed by atoms with van der Waals surface area (Å²) in [5.41, 5.74) is 5.17. The molecule has 1 aliphatic heterocycles. The highest BCUT2D eigenvalue weighted by molar-refractivity contribution is 5.98. The highest BCUT2D eigenvalue weighted by atomic mass is 16.6. The van der Waals surface area contributed by atoms with Crippen molar-refractivity contribution >= 4 is 23.4 Å². The fourth-order valence-electron chi connectivity index (χ4n) is 2.97. The first kappa shape index (κ1) is 21.7. The summed E-state index contributed by atoms with van der Waals surface area (Å²) in [6.45, 7) is 1.60. The van der Waals surface area contributed by atoms with Crippen molar-refractivity contribution in [2.45, 2.75) is 13.5 Å². The molecule has 1 aliphatic rings. The second-order valence-electron chi connectivity index (χ2n) is 6.48. The van der Waals surface area contributed by atoms with Crippen molar-refractivity contribution in [2.24, 2.45) is 0 Å². The minimum absolute atomic E-state index is 0.0511. The molecule has 31 heavy (non-hydrogen) atoms. The summed E-state index contributed by atoms with van der Waals surface area (Å²) in [4.78, 5) is 52.7. The Kier molecular flexibility index (Phi) is 6.75. The van der Waals surface area contributed by atoms with Gasteiger partial charge in [-0.25, -0.2) is 9.59 Å². The van der Waals surface area contributed by atoms with Gasteiger partial charge in [0.2, 0.25) is 5.76 Å². The van der Waals surface area contributed by atoms with Gasteiger partial charge in [0.1, 0.15) is 25.3 Å². The van der Waals surface area contributed by atoms with Crippen LogP contribution in [0.3, 0.4) is 0 Å². The van der Waals surface area contributed by atoms with Gasteiger partial charge in [0, 0.05) is 6.54 Å². The summed E-state index contributed by atoms with van der Waals surface area (Å²) >= 11 is 0. The van der Waals surface area contributed by atoms with Crippen molar-refractivity contribution in [3.05, 3.63) is 68.8 Å². The molecule has 11 heteroatoms. The van der Waals surface area contributed by atoms with Crippen LogP contribution < -0.4 is 21.9 Å². The lowest BCUT2D eigenvalue weighted by Crippen LogP contribution is -2.42. The number of carbonyl (C=O) groups excluding carboxylic acids is 2. The molecule has 0 spiro atoms. The average Bonchev–Trinajstić information content (AvgIpc) is 2.78. The highest BCUT2D eigenvalue weighted by Gasteiger charge is 2.25. The average molecular weight is 430 g/mol. The van der Waals surface area contributed by atoms with Gasteiger partial charge in [0.05, 0.1) is 6.54 Å². The number of nitrogens with two attached hydrogens (primary N) is 1. The van der Waals surface area contributed by atoms with Crippen LogP contribution in [0.4, 0.5) is 11.5 Å². The number of rotatable bonds is 7. The number of nitrogen functional groups attached to an aromatic ring is 1. The molecule has 1 amide bonds. The molecule has 2 aromatic rings. The van der Waals surface area contributed by atoms with Gasteiger partial charge < -0.3 is 24.8 Å². The van der Waals surface area contributed by atoms with Crippen molar-refractivity contribution in [2.75, 3.05) is 37.0 Å². The molecule has 0 aliphatic carbocycles. The summed E-state index contributed by atoms with van der Waals surface area (Å²) in [5.74, 6) is -1.91. The predicted molar refractivity (Wildman–Crippen MR) is 110 cm³/mol. The van der Waals surface area contributed by atoms with Gasteiger partial charge in [0.25, 0.3) is 11.5 Å². The first-order valence-electron chi connectivity index (χ1n) is 9.51. The van der Waals surface area contributed by atoms with Gasteiger partial charge in [-0.3, -0.25) is 19.1 Å². The van der Waals surface area contributed by atoms with E-state index in [2.05, 4.69) is 4.98 Å². The first-order valence-corrected chi connectivity index (χ1v) is 9.51. The Morgan fingerprint density at radius 3 is 2.61 bits per heavy atom. The van der Waals surface area contributed by atoms with Crippen LogP contribution in [0.1, 0.15) is 12.5 Å². The lowest BCUT2D eigenvalue weighted by Gasteiger charge is -2.23. The summed E-state index contributed by atoms with van der Waals surface area (Å²) in [6.07, 6.45) is 1.11. The van der Waals surface area contributed by atoms with Crippen LogP contribution in [-0.2, 0) is 30.3 Å². The van der Waals surface area contributed by atoms with Crippen molar-refractivity contribution < 1.29 is 23.8 Å². The Labute approximate surface area is 176 Å². The Hall–Kier alpha value is -4.02. The topological polar surface area (TPSA) is 146 Å². The molecule has 0 bridgehead atoms. The fourth-order valence-corrected chi connectivity index (χ4v) is 2.97. The number of hydrogen-bond donors (Lipinski definition) is 2. The van der Waals surface area contributed by atoms with Gasteiger partial charge >= 0.3 is 11.7 Å². The molecule has 2 heterocycles. The number of hydrogen-bond acceptors (Lipinski definition) is 8. The smallest absolute Gasteiger partial charge is 0.377 e. The maximum absolute atomic E-state index is 12.7. The van der Waals surface area contributed by atoms with E-state index in [-0.39, 0.29) is 37.0 Å². The quantitative estimate of drug-likeness (QED) is 0.582. The van der Waals surface area contributed by atoms with Crippen LogP contribution in [0.25, 0.3) is 0 Å². The van der Waals surface area contributed by atoms with Crippen LogP contribution in [0, 0.1) is 0 Å². The van der Waals surface area contributed by atoms with Crippen LogP contribution in [0.15, 0.2) is 51.9 Å². The largest absolute Gasteiger partial charge is 0.493 e. The highest BCUT2D eigenvalue weighted by Crippen LogP contribution is 2.18. The number of anilines is 2. The monoisotopic (exact) mass is 430 g/mol. The Morgan fingerprint density at radius 2 is 1.97 bits per heavy atom. The molecule has 0 saturated heterocycles. The van der Waals surface area contributed by atoms with Crippen molar-refractivity contribution in [3.63, 3.8) is 0 Å². The van der Waals surface area contributed by atoms with Crippen molar-refractivity contribution in [3.8, 4) is 0 Å². The third-order valence-electron chi connectivity index (χ3n) is 4.46. The SMILES string of the molecule is CCN(C(=O)COC(=O)C1=COCCO1)c1c(N)n(Cc2ccccc2)c(=O)[nH]c1=O. The third kappa shape index (κ3) is 4.94. The molecule has 0 radical (unpaired) electrons. The number of esters is 1. The standard InChI is InChI=1S/C20H22N4O7/c1-2-23(15(25)12-31-19(27)14-11-29-8-9-30-14)16-17(21)24(20(28)22-18(16)26)10-13-6-4-3-5-7-13/h3-7,11H,2,8-10,12,21H2,1H3,(H,22,26,28). The van der Waals surface area contributed by atoms with E-state index < -0.39 is 29.7 Å². The van der Waals surface area contributed by atoms with E-state index in [1.165, 1.54) is 0 Å². The lowest BCUT2D eigenvalue weighted by atomic mass is 10.2. The molecular weight excluding hydrogens is 408 g/mol. The molecule has 0 fully saturated rings. The zero-order chi connectivity index (χ0) is 22.4. The molecule has 0 saturated carbocycles. The summed E-state index contributed by atoms with van der Waals surface area (Å²) in [6, 6.07) is 9.02. The number of aromatic amines is 1. The van der Waals surface area contributed by atoms with Gasteiger partial charge in [-0.05, 0) is 12.5 Å². The number of likely N-dealkylation sites (N-methyl/N-ethyl adjacent to an activating group) is 1. The molecule has 0 atom stereocenters. The summed E-state index contributed by atoms with van der Waals surface area (Å²) < 4.78 is 16.2. The molecule has 1 aromatic heterocycles. The predicted octanol–water partition coefficient (Wildman–Crippen LogP) is -0.0486. The maximum Gasteiger partial charge on any atom is 0.377 e. The Balaban J connectivity index is 1.83. The van der Waals surface area contributed by atoms with Gasteiger partial charge in [-0.15, -0.1) is 0 Å². The van der Waals surface area contributed by atoms with E-state index >= 15 is 0 Å². The number of amides is 1. The van der Waals surface area contributed by atoms with E-state index in [0.717, 1.165) is 21.3 Å². The lowest BCUT2D eigenvalue weighted by molar-refractivity contribution is -0.148. The second-order valence-corrected chi connectivity index (χ2v) is 6.48. The molecule has 3 N–H and O–H groups in total. The van der Waals surface area contributed by atoms with E-state index in [0.29, 0.717) is 6.61 Å². The number of nitrogens with zero attached hydrogens (tertiary/aromatic N) is 2. The molecule has 1 aromatic carbocycles. The number of benzene rings is 1. The zero-order valence-corrected chi connectivity index (χ0v) is 16.8. The van der Waals surface area contributed by atoms with E-state index in [1.54, 1.807) is 31.2 Å². The van der Waals surface area contributed by atoms with Gasteiger partial charge in [-0.2, -0.15) is 0 Å². The molecular formula is C20H22N4O7. The summed E-state index contributed by atoms with van der Waals surface area (Å²) in [7, 11) is 0. The molecule has 11 nitrogen and oxygen atoms in total. The summed E-state index contributed by atoms with van der Waals surface area (Å²) in [5, 5.41) is 0. The Morgan fingerprint density at radius 1 is 1.23 bits per heavy atom. The van der Waals surface area contributed by atoms with Crippen LogP contribution in [-0.4, -0.2) is 47.8 Å². The van der Waals surface area contributed by atoms with Crippen LogP contribution in [0.5, 0.6) is 0 Å². The number of ether oxygens (including phenoxy) is 3. The minimum atomic E-state index is -0.875. The van der Waals surface area contributed by atoms with E-state index in [9.17, 15) is 19.2 Å². The van der Waals surface area contributed by atoms with Crippen molar-refractivity contribution in [1.29, 1.82) is 0 Å². The van der Waals surface area contributed by atoms with Crippen LogP contribution in [0.2, 0.25) is 0 Å². The molecule has 0 unspecified atom stereocenters. The van der Waals surface area contributed by atoms with Gasteiger partial charge in [-0.1, -0.05) is 30.3 Å². The van der Waals surface area contributed by atoms with Crippen molar-refractivity contribution in [1.82, 2.24) is 9.55 Å². The molecule has 164 valence electrons. The maximum atomic E-state index is 12.7. The fraction of sp³-hybridized carbons (Fsp3) is 0.300. The third-order valence-corrected chi connectivity index (χ3v) is 4.46. The number of aromatic nitrogens is 2. The minimum Gasteiger partial charge on any atom is -0.493 e. The normalized spacial score (nSPS) is 12.9. The Bertz CT molecular complexity index is 1100. The van der Waals surface area contributed by atoms with E-state index in [1.807, 2.05) is 6.07 Å². The van der Waals surface area contributed by atoms with E-state index in [4.69, 9.17) is 19.9 Å². The number of carbonyl (C=O) groups is 2. The second kappa shape index (κ2) is 9.65. The zero-order valence-electron chi connectivity index (χ0n) is 16.8. The first-order chi connectivity index (χ1) is 14.9. The number of H-pyrrole nitrogens is 1. The number of nitrogens with one attached hydrogen (secondary N) is 1. The van der Waals surface area contributed by atoms with Crippen LogP contribution >= 0.6 is 0 Å². The molecule has 3 rings (SSSR count).